The SMILES string of the molecule is CCOc1cc([C@@H](C(=O)NC[C@H]2CCCO2)N(C(=O)Cn2nnc3ccccc32)c2ccccc2C(C)=O)ccc1O. The number of amides is 2. The van der Waals surface area contributed by atoms with Crippen LogP contribution in [-0.2, 0) is 20.9 Å². The van der Waals surface area contributed by atoms with E-state index in [1.807, 2.05) is 12.1 Å². The van der Waals surface area contributed by atoms with Crippen molar-refractivity contribution in [2.45, 2.75) is 45.4 Å². The third kappa shape index (κ3) is 6.10. The van der Waals surface area contributed by atoms with Crippen molar-refractivity contribution < 1.29 is 29.0 Å². The van der Waals surface area contributed by atoms with Crippen LogP contribution in [0.3, 0.4) is 0 Å². The zero-order chi connectivity index (χ0) is 29.6. The number of Topliss-reactive ketones (excluding diaryl/α,β-unsaturated/α-hetero) is 1. The molecule has 2 atom stereocenters. The highest BCUT2D eigenvalue weighted by Gasteiger charge is 2.36. The Morgan fingerprint density at radius 3 is 2.69 bits per heavy atom. The molecule has 5 rings (SSSR count). The Labute approximate surface area is 243 Å². The number of ether oxygens (including phenoxy) is 2. The maximum atomic E-state index is 14.3. The summed E-state index contributed by atoms with van der Waals surface area (Å²) < 4.78 is 12.8. The molecule has 42 heavy (non-hydrogen) atoms. The Kier molecular flexibility index (Phi) is 8.77. The maximum absolute atomic E-state index is 14.3. The smallest absolute Gasteiger partial charge is 0.249 e. The van der Waals surface area contributed by atoms with Crippen molar-refractivity contribution in [2.24, 2.45) is 0 Å². The van der Waals surface area contributed by atoms with E-state index in [9.17, 15) is 19.5 Å². The Morgan fingerprint density at radius 1 is 1.14 bits per heavy atom. The van der Waals surface area contributed by atoms with E-state index < -0.39 is 17.9 Å². The summed E-state index contributed by atoms with van der Waals surface area (Å²) in [7, 11) is 0. The minimum Gasteiger partial charge on any atom is -0.504 e. The van der Waals surface area contributed by atoms with E-state index in [0.29, 0.717) is 23.2 Å². The van der Waals surface area contributed by atoms with E-state index >= 15 is 0 Å². The first-order chi connectivity index (χ1) is 20.4. The van der Waals surface area contributed by atoms with E-state index in [4.69, 9.17) is 9.47 Å². The number of nitrogens with zero attached hydrogens (tertiary/aromatic N) is 4. The van der Waals surface area contributed by atoms with Crippen molar-refractivity contribution in [3.8, 4) is 11.5 Å². The molecule has 11 heteroatoms. The van der Waals surface area contributed by atoms with E-state index in [2.05, 4.69) is 15.6 Å². The van der Waals surface area contributed by atoms with Gasteiger partial charge in [-0.1, -0.05) is 35.5 Å². The van der Waals surface area contributed by atoms with Gasteiger partial charge in [0.2, 0.25) is 11.8 Å². The van der Waals surface area contributed by atoms with Crippen LogP contribution in [0.2, 0.25) is 0 Å². The van der Waals surface area contributed by atoms with Crippen LogP contribution in [0.15, 0.2) is 66.7 Å². The number of anilines is 1. The fourth-order valence-electron chi connectivity index (χ4n) is 5.14. The lowest BCUT2D eigenvalue weighted by Crippen LogP contribution is -2.47. The number of carbonyl (C=O) groups is 3. The average Bonchev–Trinajstić information content (AvgIpc) is 3.66. The number of carbonyl (C=O) groups excluding carboxylic acids is 3. The van der Waals surface area contributed by atoms with E-state index in [1.165, 1.54) is 28.6 Å². The first-order valence-corrected chi connectivity index (χ1v) is 13.9. The molecule has 11 nitrogen and oxygen atoms in total. The summed E-state index contributed by atoms with van der Waals surface area (Å²) in [6, 6.07) is 17.2. The fourth-order valence-corrected chi connectivity index (χ4v) is 5.14. The Balaban J connectivity index is 1.62. The highest BCUT2D eigenvalue weighted by molar-refractivity contribution is 6.08. The number of aromatic hydroxyl groups is 1. The van der Waals surface area contributed by atoms with E-state index in [1.54, 1.807) is 49.4 Å². The fraction of sp³-hybridized carbons (Fsp3) is 0.323. The molecular formula is C31H33N5O6. The van der Waals surface area contributed by atoms with Crippen molar-refractivity contribution in [1.29, 1.82) is 0 Å². The number of hydrogen-bond acceptors (Lipinski definition) is 8. The largest absolute Gasteiger partial charge is 0.504 e. The second kappa shape index (κ2) is 12.8. The second-order valence-electron chi connectivity index (χ2n) is 10.0. The van der Waals surface area contributed by atoms with Gasteiger partial charge in [-0.2, -0.15) is 0 Å². The molecule has 2 heterocycles. The lowest BCUT2D eigenvalue weighted by Gasteiger charge is -2.33. The Morgan fingerprint density at radius 2 is 1.93 bits per heavy atom. The second-order valence-corrected chi connectivity index (χ2v) is 10.0. The molecule has 0 bridgehead atoms. The molecule has 1 aromatic heterocycles. The predicted octanol–water partition coefficient (Wildman–Crippen LogP) is 3.81. The van der Waals surface area contributed by atoms with Crippen molar-refractivity contribution in [1.82, 2.24) is 20.3 Å². The molecule has 218 valence electrons. The molecule has 3 aromatic carbocycles. The number of aromatic nitrogens is 3. The van der Waals surface area contributed by atoms with Gasteiger partial charge >= 0.3 is 0 Å². The maximum Gasteiger partial charge on any atom is 0.249 e. The highest BCUT2D eigenvalue weighted by atomic mass is 16.5. The Hall–Kier alpha value is -4.77. The summed E-state index contributed by atoms with van der Waals surface area (Å²) in [6.07, 6.45) is 1.58. The molecule has 1 saturated heterocycles. The summed E-state index contributed by atoms with van der Waals surface area (Å²) >= 11 is 0. The number of hydrogen-bond donors (Lipinski definition) is 2. The standard InChI is InChI=1S/C31H33N5O6/c1-3-41-28-17-21(14-15-27(28)38)30(31(40)32-18-22-9-8-16-42-22)36(25-12-6-4-10-23(25)20(2)37)29(39)19-35-26-13-7-5-11-24(26)33-34-35/h4-7,10-15,17,22,30,38H,3,8-9,16,18-19H2,1-2H3,(H,32,40)/t22-,30+/m1/s1. The highest BCUT2D eigenvalue weighted by Crippen LogP contribution is 2.36. The average molecular weight is 572 g/mol. The lowest BCUT2D eigenvalue weighted by atomic mass is 9.99. The molecule has 0 radical (unpaired) electrons. The van der Waals surface area contributed by atoms with Gasteiger partial charge in [0.15, 0.2) is 17.3 Å². The van der Waals surface area contributed by atoms with E-state index in [0.717, 1.165) is 12.8 Å². The number of phenolic OH excluding ortho intramolecular Hbond substituents is 1. The number of nitrogens with one attached hydrogen (secondary N) is 1. The number of para-hydroxylation sites is 2. The van der Waals surface area contributed by atoms with Crippen molar-refractivity contribution in [3.05, 3.63) is 77.9 Å². The summed E-state index contributed by atoms with van der Waals surface area (Å²) in [4.78, 5) is 42.5. The molecule has 1 fully saturated rings. The Bertz CT molecular complexity index is 1600. The molecule has 1 aliphatic rings. The minimum atomic E-state index is -1.23. The van der Waals surface area contributed by atoms with Crippen LogP contribution < -0.4 is 15.0 Å². The van der Waals surface area contributed by atoms with Crippen molar-refractivity contribution in [2.75, 3.05) is 24.7 Å². The van der Waals surface area contributed by atoms with Crippen LogP contribution in [0.5, 0.6) is 11.5 Å². The zero-order valence-electron chi connectivity index (χ0n) is 23.5. The van der Waals surface area contributed by atoms with Gasteiger partial charge in [-0.15, -0.1) is 5.10 Å². The van der Waals surface area contributed by atoms with Crippen LogP contribution in [0.1, 0.15) is 48.7 Å². The number of benzene rings is 3. The summed E-state index contributed by atoms with van der Waals surface area (Å²) in [5.41, 5.74) is 2.19. The number of phenols is 1. The lowest BCUT2D eigenvalue weighted by molar-refractivity contribution is -0.127. The molecule has 2 amide bonds. The van der Waals surface area contributed by atoms with Gasteiger partial charge in [-0.3, -0.25) is 19.3 Å². The summed E-state index contributed by atoms with van der Waals surface area (Å²) in [5.74, 6) is -1.18. The quantitative estimate of drug-likeness (QED) is 0.260. The zero-order valence-corrected chi connectivity index (χ0v) is 23.5. The third-order valence-corrected chi connectivity index (χ3v) is 7.15. The minimum absolute atomic E-state index is 0.102. The molecule has 2 N–H and O–H groups in total. The van der Waals surface area contributed by atoms with Crippen LogP contribution in [0.25, 0.3) is 11.0 Å². The first kappa shape index (κ1) is 28.7. The van der Waals surface area contributed by atoms with Gasteiger partial charge < -0.3 is 19.9 Å². The monoisotopic (exact) mass is 571 g/mol. The van der Waals surface area contributed by atoms with Crippen LogP contribution >= 0.6 is 0 Å². The van der Waals surface area contributed by atoms with Gasteiger partial charge in [0, 0.05) is 18.7 Å². The van der Waals surface area contributed by atoms with Gasteiger partial charge in [-0.05, 0) is 68.7 Å². The predicted molar refractivity (Wildman–Crippen MR) is 155 cm³/mol. The molecule has 0 spiro atoms. The molecule has 0 saturated carbocycles. The van der Waals surface area contributed by atoms with Crippen LogP contribution in [0.4, 0.5) is 5.69 Å². The van der Waals surface area contributed by atoms with Crippen LogP contribution in [-0.4, -0.2) is 63.6 Å². The summed E-state index contributed by atoms with van der Waals surface area (Å²) in [6.45, 7) is 4.10. The number of ketones is 1. The first-order valence-electron chi connectivity index (χ1n) is 13.9. The molecule has 1 aliphatic heterocycles. The van der Waals surface area contributed by atoms with E-state index in [-0.39, 0.29) is 54.3 Å². The normalized spacial score (nSPS) is 15.3. The topological polar surface area (TPSA) is 136 Å². The molecular weight excluding hydrogens is 538 g/mol. The van der Waals surface area contributed by atoms with Crippen molar-refractivity contribution in [3.63, 3.8) is 0 Å². The van der Waals surface area contributed by atoms with Crippen LogP contribution in [0, 0.1) is 0 Å². The van der Waals surface area contributed by atoms with Gasteiger partial charge in [0.25, 0.3) is 0 Å². The molecule has 0 unspecified atom stereocenters. The molecule has 4 aromatic rings. The van der Waals surface area contributed by atoms with Gasteiger partial charge in [0.1, 0.15) is 18.1 Å². The molecule has 0 aliphatic carbocycles. The summed E-state index contributed by atoms with van der Waals surface area (Å²) in [5, 5.41) is 21.7. The third-order valence-electron chi connectivity index (χ3n) is 7.15. The number of rotatable bonds is 11. The van der Waals surface area contributed by atoms with Crippen molar-refractivity contribution >= 4 is 34.3 Å². The van der Waals surface area contributed by atoms with Gasteiger partial charge in [0.05, 0.1) is 23.9 Å². The number of fused-ring (bicyclic) bond motifs is 1. The van der Waals surface area contributed by atoms with Gasteiger partial charge in [-0.25, -0.2) is 4.68 Å².